The number of hydrogen-bond acceptors (Lipinski definition) is 5. The second-order valence-electron chi connectivity index (χ2n) is 7.26. The monoisotopic (exact) mass is 466 g/mol. The lowest BCUT2D eigenvalue weighted by Gasteiger charge is -2.15. The Hall–Kier alpha value is -3.88. The maximum atomic E-state index is 12.4. The highest BCUT2D eigenvalue weighted by Gasteiger charge is 2.29. The Morgan fingerprint density at radius 3 is 2.18 bits per heavy atom. The zero-order chi connectivity index (χ0) is 23.4. The molecule has 0 heterocycles. The van der Waals surface area contributed by atoms with Crippen LogP contribution in [0.1, 0.15) is 27.4 Å². The van der Waals surface area contributed by atoms with Crippen molar-refractivity contribution in [2.75, 3.05) is 18.5 Å². The topological polar surface area (TPSA) is 114 Å². The Labute approximate surface area is 194 Å². The molecular formula is C24H19ClN2O6. The zero-order valence-electron chi connectivity index (χ0n) is 17.2. The van der Waals surface area contributed by atoms with Crippen LogP contribution in [0.2, 0.25) is 5.02 Å². The molecule has 0 saturated carbocycles. The molecule has 0 fully saturated rings. The van der Waals surface area contributed by atoms with Crippen molar-refractivity contribution < 1.29 is 29.1 Å². The summed E-state index contributed by atoms with van der Waals surface area (Å²) in [4.78, 5) is 39.4. The molecule has 3 N–H and O–H groups in total. The first-order chi connectivity index (χ1) is 15.9. The molecule has 8 nitrogen and oxygen atoms in total. The summed E-state index contributed by atoms with van der Waals surface area (Å²) in [5, 5.41) is 11.2. The van der Waals surface area contributed by atoms with Crippen molar-refractivity contribution in [2.24, 2.45) is 0 Å². The number of hydroxylamine groups is 1. The van der Waals surface area contributed by atoms with Crippen molar-refractivity contribution in [1.29, 1.82) is 0 Å². The average Bonchev–Trinajstić information content (AvgIpc) is 3.12. The maximum Gasteiger partial charge on any atom is 0.411 e. The van der Waals surface area contributed by atoms with Crippen LogP contribution in [0.4, 0.5) is 10.5 Å². The smallest absolute Gasteiger partial charge is 0.411 e. The summed E-state index contributed by atoms with van der Waals surface area (Å²) in [7, 11) is 0. The number of anilines is 1. The van der Waals surface area contributed by atoms with Gasteiger partial charge in [-0.1, -0.05) is 60.1 Å². The number of carboxylic acid groups (broad SMARTS) is 1. The van der Waals surface area contributed by atoms with Gasteiger partial charge in [0.05, 0.1) is 10.7 Å². The van der Waals surface area contributed by atoms with Crippen molar-refractivity contribution in [3.05, 3.63) is 88.4 Å². The molecule has 0 bridgehead atoms. The Bertz CT molecular complexity index is 1180. The molecule has 168 valence electrons. The largest absolute Gasteiger partial charge is 0.479 e. The minimum Gasteiger partial charge on any atom is -0.479 e. The van der Waals surface area contributed by atoms with Crippen LogP contribution in [-0.4, -0.2) is 36.3 Å². The summed E-state index contributed by atoms with van der Waals surface area (Å²) in [6.45, 7) is -0.528. The standard InChI is InChI=1S/C24H19ClN2O6/c25-20-11-14(23(30)27-33-13-22(28)29)9-10-21(20)26-24(31)32-12-19-17-7-3-1-5-15(17)16-6-2-4-8-18(16)19/h1-11,19H,12-13H2,(H,26,31)(H,27,30)(H,28,29). The van der Waals surface area contributed by atoms with Gasteiger partial charge >= 0.3 is 12.1 Å². The number of halogens is 1. The number of aliphatic carboxylic acids is 1. The Kier molecular flexibility index (Phi) is 6.58. The van der Waals surface area contributed by atoms with Crippen LogP contribution in [0.25, 0.3) is 11.1 Å². The van der Waals surface area contributed by atoms with E-state index in [4.69, 9.17) is 21.4 Å². The Morgan fingerprint density at radius 1 is 0.939 bits per heavy atom. The molecule has 3 aromatic carbocycles. The van der Waals surface area contributed by atoms with Gasteiger partial charge in [0.1, 0.15) is 6.61 Å². The number of carbonyl (C=O) groups is 3. The molecule has 1 aliphatic carbocycles. The van der Waals surface area contributed by atoms with E-state index in [1.54, 1.807) is 0 Å². The fraction of sp³-hybridized carbons (Fsp3) is 0.125. The first-order valence-corrected chi connectivity index (χ1v) is 10.4. The Morgan fingerprint density at radius 2 is 1.58 bits per heavy atom. The molecule has 3 aromatic rings. The second-order valence-corrected chi connectivity index (χ2v) is 7.67. The average molecular weight is 467 g/mol. The van der Waals surface area contributed by atoms with E-state index in [1.165, 1.54) is 18.2 Å². The fourth-order valence-electron chi connectivity index (χ4n) is 3.72. The van der Waals surface area contributed by atoms with E-state index in [1.807, 2.05) is 41.9 Å². The molecule has 0 saturated heterocycles. The number of carbonyl (C=O) groups excluding carboxylic acids is 2. The molecule has 0 aromatic heterocycles. The number of carboxylic acids is 1. The van der Waals surface area contributed by atoms with Crippen LogP contribution in [0.15, 0.2) is 66.7 Å². The number of benzene rings is 3. The van der Waals surface area contributed by atoms with Gasteiger partial charge in [-0.25, -0.2) is 15.1 Å². The van der Waals surface area contributed by atoms with Gasteiger partial charge in [0.2, 0.25) is 0 Å². The van der Waals surface area contributed by atoms with E-state index in [0.717, 1.165) is 22.3 Å². The summed E-state index contributed by atoms with van der Waals surface area (Å²) in [5.74, 6) is -1.97. The minimum atomic E-state index is -1.23. The molecule has 1 aliphatic rings. The van der Waals surface area contributed by atoms with Crippen molar-refractivity contribution in [2.45, 2.75) is 5.92 Å². The molecule has 9 heteroatoms. The van der Waals surface area contributed by atoms with E-state index in [9.17, 15) is 14.4 Å². The normalized spacial score (nSPS) is 11.9. The van der Waals surface area contributed by atoms with Crippen LogP contribution < -0.4 is 10.8 Å². The third-order valence-electron chi connectivity index (χ3n) is 5.17. The van der Waals surface area contributed by atoms with Crippen LogP contribution >= 0.6 is 11.6 Å². The van der Waals surface area contributed by atoms with E-state index < -0.39 is 24.6 Å². The summed E-state index contributed by atoms with van der Waals surface area (Å²) < 4.78 is 5.49. The summed E-state index contributed by atoms with van der Waals surface area (Å²) in [5.41, 5.74) is 6.85. The van der Waals surface area contributed by atoms with Gasteiger partial charge in [-0.2, -0.15) is 0 Å². The number of hydrogen-bond donors (Lipinski definition) is 3. The molecule has 2 amide bonds. The highest BCUT2D eigenvalue weighted by molar-refractivity contribution is 6.34. The number of rotatable bonds is 7. The lowest BCUT2D eigenvalue weighted by Crippen LogP contribution is -2.26. The van der Waals surface area contributed by atoms with E-state index in [0.29, 0.717) is 0 Å². The lowest BCUT2D eigenvalue weighted by atomic mass is 9.98. The molecule has 0 aliphatic heterocycles. The molecule has 0 atom stereocenters. The summed E-state index contributed by atoms with van der Waals surface area (Å²) in [6.07, 6.45) is -0.680. The number of nitrogens with one attached hydrogen (secondary N) is 2. The molecule has 0 radical (unpaired) electrons. The highest BCUT2D eigenvalue weighted by atomic mass is 35.5. The summed E-state index contributed by atoms with van der Waals surface area (Å²) >= 11 is 6.18. The molecular weight excluding hydrogens is 448 g/mol. The first-order valence-electron chi connectivity index (χ1n) is 9.99. The van der Waals surface area contributed by atoms with Gasteiger partial charge in [-0.15, -0.1) is 0 Å². The number of ether oxygens (including phenoxy) is 1. The van der Waals surface area contributed by atoms with Crippen LogP contribution in [-0.2, 0) is 14.4 Å². The second kappa shape index (κ2) is 9.72. The van der Waals surface area contributed by atoms with Gasteiger partial charge in [-0.3, -0.25) is 14.9 Å². The van der Waals surface area contributed by atoms with Crippen molar-refractivity contribution in [3.63, 3.8) is 0 Å². The molecule has 0 spiro atoms. The predicted octanol–water partition coefficient (Wildman–Crippen LogP) is 4.45. The third-order valence-corrected chi connectivity index (χ3v) is 5.48. The van der Waals surface area contributed by atoms with Gasteiger partial charge < -0.3 is 9.84 Å². The highest BCUT2D eigenvalue weighted by Crippen LogP contribution is 2.44. The zero-order valence-corrected chi connectivity index (χ0v) is 18.0. The molecule has 0 unspecified atom stereocenters. The van der Waals surface area contributed by atoms with Crippen molar-refractivity contribution >= 4 is 35.3 Å². The van der Waals surface area contributed by atoms with E-state index in [-0.39, 0.29) is 28.8 Å². The molecule has 4 rings (SSSR count). The minimum absolute atomic E-state index is 0.0736. The van der Waals surface area contributed by atoms with E-state index >= 15 is 0 Å². The van der Waals surface area contributed by atoms with Gasteiger partial charge in [0.25, 0.3) is 5.91 Å². The van der Waals surface area contributed by atoms with Crippen molar-refractivity contribution in [3.8, 4) is 11.1 Å². The van der Waals surface area contributed by atoms with Gasteiger partial charge in [0.15, 0.2) is 6.61 Å². The van der Waals surface area contributed by atoms with E-state index in [2.05, 4.69) is 22.3 Å². The Balaban J connectivity index is 1.38. The number of fused-ring (bicyclic) bond motifs is 3. The number of amides is 2. The first kappa shape index (κ1) is 22.3. The summed E-state index contributed by atoms with van der Waals surface area (Å²) in [6, 6.07) is 20.2. The maximum absolute atomic E-state index is 12.4. The predicted molar refractivity (Wildman–Crippen MR) is 121 cm³/mol. The van der Waals surface area contributed by atoms with Crippen LogP contribution in [0.3, 0.4) is 0 Å². The van der Waals surface area contributed by atoms with Crippen LogP contribution in [0, 0.1) is 0 Å². The van der Waals surface area contributed by atoms with Crippen molar-refractivity contribution in [1.82, 2.24) is 5.48 Å². The fourth-order valence-corrected chi connectivity index (χ4v) is 3.95. The van der Waals surface area contributed by atoms with Gasteiger partial charge in [0, 0.05) is 11.5 Å². The van der Waals surface area contributed by atoms with Crippen LogP contribution in [0.5, 0.6) is 0 Å². The molecule has 33 heavy (non-hydrogen) atoms. The van der Waals surface area contributed by atoms with Gasteiger partial charge in [-0.05, 0) is 40.5 Å². The quantitative estimate of drug-likeness (QED) is 0.443. The third kappa shape index (κ3) is 4.97. The SMILES string of the molecule is O=C(O)CONC(=O)c1ccc(NC(=O)OCC2c3ccccc3-c3ccccc32)c(Cl)c1. The lowest BCUT2D eigenvalue weighted by molar-refractivity contribution is -0.144.